The van der Waals surface area contributed by atoms with Crippen LogP contribution in [0.25, 0.3) is 0 Å². The summed E-state index contributed by atoms with van der Waals surface area (Å²) in [5, 5.41) is 0.164. The summed E-state index contributed by atoms with van der Waals surface area (Å²) in [5.41, 5.74) is 2.19. The predicted octanol–water partition coefficient (Wildman–Crippen LogP) is 3.29. The quantitative estimate of drug-likeness (QED) is 0.455. The first-order chi connectivity index (χ1) is 16.7. The Labute approximate surface area is 211 Å². The minimum absolute atomic E-state index is 0.164. The molecule has 3 heterocycles. The number of carbonyl (C=O) groups excluding carboxylic acids is 2. The summed E-state index contributed by atoms with van der Waals surface area (Å²) in [4.78, 5) is 39.7. The van der Waals surface area contributed by atoms with Gasteiger partial charge in [-0.3, -0.25) is 9.69 Å². The number of amides is 1. The summed E-state index contributed by atoms with van der Waals surface area (Å²) < 4.78 is 10.9. The van der Waals surface area contributed by atoms with Crippen LogP contribution in [0.3, 0.4) is 0 Å². The van der Waals surface area contributed by atoms with E-state index in [2.05, 4.69) is 19.8 Å². The normalized spacial score (nSPS) is 16.6. The fraction of sp³-hybridized carbons (Fsp3) is 0.520. The maximum atomic E-state index is 12.5. The molecule has 0 saturated carbocycles. The van der Waals surface area contributed by atoms with Crippen molar-refractivity contribution < 1.29 is 19.1 Å². The molecular formula is C25H32ClN5O4. The lowest BCUT2D eigenvalue weighted by Gasteiger charge is -2.37. The Kier molecular flexibility index (Phi) is 7.76. The van der Waals surface area contributed by atoms with E-state index in [9.17, 15) is 9.59 Å². The molecule has 0 atom stereocenters. The number of halogens is 1. The number of nitrogens with zero attached hydrogens (tertiary/aromatic N) is 5. The smallest absolute Gasteiger partial charge is 0.410 e. The van der Waals surface area contributed by atoms with E-state index < -0.39 is 5.60 Å². The molecule has 35 heavy (non-hydrogen) atoms. The summed E-state index contributed by atoms with van der Waals surface area (Å²) >= 11 is 6.26. The SMILES string of the molecule is CC(C)(C)OC(=O)N1CCc2c(nc(Cl)nc2N2CCN(CC(=O)OCc3ccccc3)CC2)C1. The van der Waals surface area contributed by atoms with Crippen molar-refractivity contribution in [3.8, 4) is 0 Å². The highest BCUT2D eigenvalue weighted by molar-refractivity contribution is 6.28. The van der Waals surface area contributed by atoms with Crippen molar-refractivity contribution in [2.75, 3.05) is 44.2 Å². The highest BCUT2D eigenvalue weighted by atomic mass is 35.5. The predicted molar refractivity (Wildman–Crippen MR) is 132 cm³/mol. The van der Waals surface area contributed by atoms with Crippen molar-refractivity contribution >= 4 is 29.5 Å². The van der Waals surface area contributed by atoms with Crippen LogP contribution in [0.4, 0.5) is 10.6 Å². The van der Waals surface area contributed by atoms with Gasteiger partial charge >= 0.3 is 12.1 Å². The van der Waals surface area contributed by atoms with Crippen LogP contribution in [0.1, 0.15) is 37.6 Å². The van der Waals surface area contributed by atoms with Crippen molar-refractivity contribution in [1.29, 1.82) is 0 Å². The van der Waals surface area contributed by atoms with Gasteiger partial charge in [-0.1, -0.05) is 30.3 Å². The molecule has 2 aromatic rings. The Bertz CT molecular complexity index is 1050. The number of benzene rings is 1. The number of anilines is 1. The molecule has 4 rings (SSSR count). The lowest BCUT2D eigenvalue weighted by molar-refractivity contribution is -0.146. The number of rotatable bonds is 5. The average Bonchev–Trinajstić information content (AvgIpc) is 2.82. The third kappa shape index (κ3) is 6.82. The fourth-order valence-corrected chi connectivity index (χ4v) is 4.39. The van der Waals surface area contributed by atoms with Gasteiger partial charge in [0, 0.05) is 38.3 Å². The Hall–Kier alpha value is -2.91. The van der Waals surface area contributed by atoms with Gasteiger partial charge in [-0.25, -0.2) is 14.8 Å². The van der Waals surface area contributed by atoms with E-state index in [1.807, 2.05) is 51.1 Å². The van der Waals surface area contributed by atoms with E-state index >= 15 is 0 Å². The van der Waals surface area contributed by atoms with E-state index in [4.69, 9.17) is 21.1 Å². The molecule has 0 unspecified atom stereocenters. The Morgan fingerprint density at radius 3 is 2.43 bits per heavy atom. The molecule has 2 aliphatic heterocycles. The second-order valence-electron chi connectivity index (χ2n) is 9.80. The summed E-state index contributed by atoms with van der Waals surface area (Å²) in [6.07, 6.45) is 0.278. The molecular weight excluding hydrogens is 470 g/mol. The standard InChI is InChI=1S/C25H32ClN5O4/c1-25(2,3)35-24(33)31-10-9-19-20(15-31)27-23(26)28-22(19)30-13-11-29(12-14-30)16-21(32)34-17-18-7-5-4-6-8-18/h4-8H,9-17H2,1-3H3. The maximum absolute atomic E-state index is 12.5. The first-order valence-corrected chi connectivity index (χ1v) is 12.3. The molecule has 0 bridgehead atoms. The number of hydrogen-bond acceptors (Lipinski definition) is 8. The third-order valence-corrected chi connectivity index (χ3v) is 6.10. The fourth-order valence-electron chi connectivity index (χ4n) is 4.21. The second kappa shape index (κ2) is 10.8. The van der Waals surface area contributed by atoms with Crippen LogP contribution in [0.15, 0.2) is 30.3 Å². The third-order valence-electron chi connectivity index (χ3n) is 5.93. The van der Waals surface area contributed by atoms with Gasteiger partial charge in [-0.05, 0) is 44.4 Å². The molecule has 188 valence electrons. The van der Waals surface area contributed by atoms with E-state index in [0.29, 0.717) is 45.7 Å². The minimum Gasteiger partial charge on any atom is -0.460 e. The average molecular weight is 502 g/mol. The Morgan fingerprint density at radius 1 is 1.03 bits per heavy atom. The number of esters is 1. The summed E-state index contributed by atoms with van der Waals surface area (Å²) in [5.74, 6) is 0.585. The van der Waals surface area contributed by atoms with E-state index in [-0.39, 0.29) is 30.5 Å². The van der Waals surface area contributed by atoms with Crippen LogP contribution >= 0.6 is 11.6 Å². The molecule has 0 radical (unpaired) electrons. The van der Waals surface area contributed by atoms with E-state index in [0.717, 1.165) is 22.6 Å². The molecule has 1 fully saturated rings. The zero-order valence-corrected chi connectivity index (χ0v) is 21.3. The molecule has 0 aliphatic carbocycles. The molecule has 2 aliphatic rings. The highest BCUT2D eigenvalue weighted by Crippen LogP contribution is 2.29. The zero-order chi connectivity index (χ0) is 25.0. The molecule has 1 saturated heterocycles. The summed E-state index contributed by atoms with van der Waals surface area (Å²) in [6.45, 7) is 9.80. The summed E-state index contributed by atoms with van der Waals surface area (Å²) in [6, 6.07) is 9.66. The second-order valence-corrected chi connectivity index (χ2v) is 10.1. The molecule has 0 spiro atoms. The highest BCUT2D eigenvalue weighted by Gasteiger charge is 2.31. The number of carbonyl (C=O) groups is 2. The maximum Gasteiger partial charge on any atom is 0.410 e. The van der Waals surface area contributed by atoms with Crippen LogP contribution in [0.5, 0.6) is 0 Å². The number of ether oxygens (including phenoxy) is 2. The van der Waals surface area contributed by atoms with Crippen LogP contribution < -0.4 is 4.90 Å². The number of aromatic nitrogens is 2. The zero-order valence-electron chi connectivity index (χ0n) is 20.5. The van der Waals surface area contributed by atoms with E-state index in [1.165, 1.54) is 0 Å². The van der Waals surface area contributed by atoms with Crippen LogP contribution in [0, 0.1) is 0 Å². The van der Waals surface area contributed by atoms with Crippen LogP contribution in [-0.4, -0.2) is 76.7 Å². The first kappa shape index (κ1) is 25.2. The largest absolute Gasteiger partial charge is 0.460 e. The van der Waals surface area contributed by atoms with Gasteiger partial charge in [0.15, 0.2) is 0 Å². The van der Waals surface area contributed by atoms with Gasteiger partial charge in [0.1, 0.15) is 18.0 Å². The topological polar surface area (TPSA) is 88.1 Å². The molecule has 10 heteroatoms. The molecule has 1 aromatic heterocycles. The van der Waals surface area contributed by atoms with Crippen molar-refractivity contribution in [3.63, 3.8) is 0 Å². The number of fused-ring (bicyclic) bond motifs is 1. The monoisotopic (exact) mass is 501 g/mol. The van der Waals surface area contributed by atoms with Gasteiger partial charge in [-0.15, -0.1) is 0 Å². The molecule has 0 N–H and O–H groups in total. The minimum atomic E-state index is -0.556. The van der Waals surface area contributed by atoms with Crippen LogP contribution in [-0.2, 0) is 33.8 Å². The van der Waals surface area contributed by atoms with Crippen molar-refractivity contribution in [3.05, 3.63) is 52.4 Å². The van der Waals surface area contributed by atoms with Gasteiger partial charge in [0.05, 0.1) is 18.8 Å². The lowest BCUT2D eigenvalue weighted by Crippen LogP contribution is -2.49. The van der Waals surface area contributed by atoms with Crippen molar-refractivity contribution in [2.45, 2.75) is 45.9 Å². The molecule has 9 nitrogen and oxygen atoms in total. The van der Waals surface area contributed by atoms with Gasteiger partial charge in [-0.2, -0.15) is 0 Å². The molecule has 1 amide bonds. The van der Waals surface area contributed by atoms with Crippen molar-refractivity contribution in [1.82, 2.24) is 19.8 Å². The van der Waals surface area contributed by atoms with Gasteiger partial charge < -0.3 is 19.3 Å². The van der Waals surface area contributed by atoms with Crippen molar-refractivity contribution in [2.24, 2.45) is 0 Å². The first-order valence-electron chi connectivity index (χ1n) is 11.9. The lowest BCUT2D eigenvalue weighted by atomic mass is 10.0. The number of piperazine rings is 1. The Balaban J connectivity index is 1.33. The molecule has 1 aromatic carbocycles. The van der Waals surface area contributed by atoms with Crippen LogP contribution in [0.2, 0.25) is 5.28 Å². The van der Waals surface area contributed by atoms with Gasteiger partial charge in [0.2, 0.25) is 5.28 Å². The number of hydrogen-bond donors (Lipinski definition) is 0. The van der Waals surface area contributed by atoms with E-state index in [1.54, 1.807) is 4.90 Å². The van der Waals surface area contributed by atoms with Gasteiger partial charge in [0.25, 0.3) is 0 Å². The summed E-state index contributed by atoms with van der Waals surface area (Å²) in [7, 11) is 0. The Morgan fingerprint density at radius 2 is 1.74 bits per heavy atom.